The number of pyridine rings is 1. The van der Waals surface area contributed by atoms with Crippen LogP contribution in [0.15, 0.2) is 89.5 Å². The summed E-state index contributed by atoms with van der Waals surface area (Å²) < 4.78 is 8.79. The lowest BCUT2D eigenvalue weighted by Crippen LogP contribution is -2.31. The van der Waals surface area contributed by atoms with Gasteiger partial charge in [-0.1, -0.05) is 63.2 Å². The second kappa shape index (κ2) is 8.85. The van der Waals surface area contributed by atoms with Crippen LogP contribution in [-0.2, 0) is 13.5 Å². The topological polar surface area (TPSA) is 40.8 Å². The molecule has 6 rings (SSSR count). The van der Waals surface area contributed by atoms with Gasteiger partial charge in [0.05, 0.1) is 17.2 Å². The highest BCUT2D eigenvalue weighted by molar-refractivity contribution is 6.13. The Morgan fingerprint density at radius 2 is 1.61 bits per heavy atom. The van der Waals surface area contributed by atoms with Gasteiger partial charge in [-0.2, -0.15) is 5.26 Å². The maximum absolute atomic E-state index is 10.1. The molecular formula is C35H31N2O+. The lowest BCUT2D eigenvalue weighted by Gasteiger charge is -2.18. The summed E-state index contributed by atoms with van der Waals surface area (Å²) in [6.45, 7) is 8.85. The molecule has 0 spiro atoms. The van der Waals surface area contributed by atoms with Gasteiger partial charge in [-0.3, -0.25) is 0 Å². The van der Waals surface area contributed by atoms with Crippen LogP contribution in [0.1, 0.15) is 37.5 Å². The third-order valence-electron chi connectivity index (χ3n) is 7.35. The van der Waals surface area contributed by atoms with Crippen molar-refractivity contribution in [3.63, 3.8) is 0 Å². The normalized spacial score (nSPS) is 11.9. The number of fused-ring (bicyclic) bond motifs is 4. The minimum atomic E-state index is 0.185. The summed E-state index contributed by atoms with van der Waals surface area (Å²) in [6.07, 6.45) is 3.11. The smallest absolute Gasteiger partial charge is 0.216 e. The lowest BCUT2D eigenvalue weighted by molar-refractivity contribution is -0.660. The van der Waals surface area contributed by atoms with E-state index in [-0.39, 0.29) is 5.41 Å². The maximum Gasteiger partial charge on any atom is 0.216 e. The SMILES string of the molecule is Cc1cc(C#N)c2c(oc3cc(-c4ccc5ccccc5c4)ccc32)c1-c1cc(CC(C)(C)C)cc[n+]1C. The molecule has 0 atom stereocenters. The number of benzene rings is 4. The minimum Gasteiger partial charge on any atom is -0.455 e. The quantitative estimate of drug-likeness (QED) is 0.230. The van der Waals surface area contributed by atoms with E-state index in [1.165, 1.54) is 16.3 Å². The first-order valence-electron chi connectivity index (χ1n) is 13.1. The molecule has 0 radical (unpaired) electrons. The number of nitriles is 1. The van der Waals surface area contributed by atoms with Crippen molar-refractivity contribution in [1.29, 1.82) is 5.26 Å². The minimum absolute atomic E-state index is 0.185. The number of aromatic nitrogens is 1. The molecule has 0 fully saturated rings. The zero-order valence-corrected chi connectivity index (χ0v) is 22.6. The second-order valence-electron chi connectivity index (χ2n) is 11.6. The van der Waals surface area contributed by atoms with Gasteiger partial charge in [0, 0.05) is 22.9 Å². The molecule has 4 aromatic carbocycles. The van der Waals surface area contributed by atoms with E-state index >= 15 is 0 Å². The van der Waals surface area contributed by atoms with Gasteiger partial charge >= 0.3 is 0 Å². The maximum atomic E-state index is 10.1. The predicted molar refractivity (Wildman–Crippen MR) is 156 cm³/mol. The highest BCUT2D eigenvalue weighted by atomic mass is 16.3. The van der Waals surface area contributed by atoms with E-state index in [4.69, 9.17) is 4.42 Å². The molecule has 2 heterocycles. The average molecular weight is 496 g/mol. The Kier molecular flexibility index (Phi) is 5.58. The van der Waals surface area contributed by atoms with Gasteiger partial charge in [0.1, 0.15) is 12.6 Å². The molecule has 0 amide bonds. The highest BCUT2D eigenvalue weighted by Gasteiger charge is 2.24. The number of hydrogen-bond acceptors (Lipinski definition) is 2. The summed E-state index contributed by atoms with van der Waals surface area (Å²) in [4.78, 5) is 0. The Morgan fingerprint density at radius 3 is 2.37 bits per heavy atom. The third-order valence-corrected chi connectivity index (χ3v) is 7.35. The molecule has 0 aliphatic rings. The second-order valence-corrected chi connectivity index (χ2v) is 11.6. The predicted octanol–water partition coefficient (Wildman–Crippen LogP) is 8.67. The molecule has 0 saturated heterocycles. The fraction of sp³-hybridized carbons (Fsp3) is 0.200. The molecule has 186 valence electrons. The molecule has 38 heavy (non-hydrogen) atoms. The molecule has 6 aromatic rings. The number of furan rings is 1. The van der Waals surface area contributed by atoms with Crippen molar-refractivity contribution < 1.29 is 8.98 Å². The van der Waals surface area contributed by atoms with Crippen LogP contribution in [0.3, 0.4) is 0 Å². The van der Waals surface area contributed by atoms with Crippen molar-refractivity contribution in [1.82, 2.24) is 0 Å². The molecule has 3 nitrogen and oxygen atoms in total. The number of nitrogens with zero attached hydrogens (tertiary/aromatic N) is 2. The summed E-state index contributed by atoms with van der Waals surface area (Å²) in [7, 11) is 2.07. The molecule has 0 bridgehead atoms. The zero-order chi connectivity index (χ0) is 26.6. The van der Waals surface area contributed by atoms with Gasteiger partial charge in [-0.25, -0.2) is 4.57 Å². The Labute approximate surface area is 223 Å². The van der Waals surface area contributed by atoms with Crippen molar-refractivity contribution in [2.24, 2.45) is 12.5 Å². The molecule has 0 saturated carbocycles. The van der Waals surface area contributed by atoms with Crippen molar-refractivity contribution >= 4 is 32.7 Å². The Balaban J connectivity index is 1.58. The molecule has 0 N–H and O–H groups in total. The Bertz CT molecular complexity index is 1910. The summed E-state index contributed by atoms with van der Waals surface area (Å²) >= 11 is 0. The largest absolute Gasteiger partial charge is 0.455 e. The molecular weight excluding hydrogens is 464 g/mol. The van der Waals surface area contributed by atoms with E-state index in [2.05, 4.69) is 124 Å². The summed E-state index contributed by atoms with van der Waals surface area (Å²) in [5.41, 5.74) is 9.09. The van der Waals surface area contributed by atoms with Crippen LogP contribution >= 0.6 is 0 Å². The van der Waals surface area contributed by atoms with Gasteiger partial charge in [-0.15, -0.1) is 0 Å². The van der Waals surface area contributed by atoms with Crippen molar-refractivity contribution in [2.45, 2.75) is 34.1 Å². The van der Waals surface area contributed by atoms with Crippen LogP contribution in [0.25, 0.3) is 55.1 Å². The number of rotatable bonds is 3. The third kappa shape index (κ3) is 4.13. The fourth-order valence-corrected chi connectivity index (χ4v) is 5.62. The van der Waals surface area contributed by atoms with Crippen molar-refractivity contribution in [3.8, 4) is 28.5 Å². The first-order chi connectivity index (χ1) is 18.2. The van der Waals surface area contributed by atoms with Gasteiger partial charge < -0.3 is 4.42 Å². The molecule has 2 aromatic heterocycles. The van der Waals surface area contributed by atoms with Crippen molar-refractivity contribution in [3.05, 3.63) is 102 Å². The average Bonchev–Trinajstić information content (AvgIpc) is 3.27. The van der Waals surface area contributed by atoms with Crippen LogP contribution in [-0.4, -0.2) is 0 Å². The summed E-state index contributed by atoms with van der Waals surface area (Å²) in [5, 5.41) is 14.3. The highest BCUT2D eigenvalue weighted by Crippen LogP contribution is 2.41. The van der Waals surface area contributed by atoms with E-state index < -0.39 is 0 Å². The summed E-state index contributed by atoms with van der Waals surface area (Å²) in [5.74, 6) is 0. The Morgan fingerprint density at radius 1 is 0.868 bits per heavy atom. The fourth-order valence-electron chi connectivity index (χ4n) is 5.62. The van der Waals surface area contributed by atoms with E-state index in [0.29, 0.717) is 5.56 Å². The van der Waals surface area contributed by atoms with E-state index in [9.17, 15) is 5.26 Å². The van der Waals surface area contributed by atoms with Gasteiger partial charge in [-0.05, 0) is 76.1 Å². The van der Waals surface area contributed by atoms with E-state index in [1.807, 2.05) is 6.07 Å². The van der Waals surface area contributed by atoms with E-state index in [1.54, 1.807) is 0 Å². The number of aryl methyl sites for hydroxylation is 2. The van der Waals surface area contributed by atoms with Gasteiger partial charge in [0.2, 0.25) is 5.69 Å². The van der Waals surface area contributed by atoms with Gasteiger partial charge in [0.25, 0.3) is 0 Å². The first kappa shape index (κ1) is 23.9. The standard InChI is InChI=1S/C35H31N2O/c1-22-16-28(21-36)33-29-13-12-27(26-11-10-24-8-6-7-9-25(24)18-26)19-31(29)38-34(33)32(22)30-17-23(14-15-37(30)5)20-35(2,3)4/h6-19H,20H2,1-5H3/q+1. The van der Waals surface area contributed by atoms with Crippen LogP contribution < -0.4 is 4.57 Å². The first-order valence-corrected chi connectivity index (χ1v) is 13.1. The summed E-state index contributed by atoms with van der Waals surface area (Å²) in [6, 6.07) is 30.2. The zero-order valence-electron chi connectivity index (χ0n) is 22.6. The van der Waals surface area contributed by atoms with Crippen LogP contribution in [0.4, 0.5) is 0 Å². The number of hydrogen-bond donors (Lipinski definition) is 0. The molecule has 0 aliphatic carbocycles. The van der Waals surface area contributed by atoms with E-state index in [0.717, 1.165) is 56.3 Å². The molecule has 0 aliphatic heterocycles. The molecule has 3 heteroatoms. The van der Waals surface area contributed by atoms with Crippen molar-refractivity contribution in [2.75, 3.05) is 0 Å². The van der Waals surface area contributed by atoms with Crippen LogP contribution in [0.5, 0.6) is 0 Å². The van der Waals surface area contributed by atoms with Gasteiger partial charge in [0.15, 0.2) is 11.8 Å². The molecule has 0 unspecified atom stereocenters. The lowest BCUT2D eigenvalue weighted by atomic mass is 9.87. The van der Waals surface area contributed by atoms with Crippen LogP contribution in [0, 0.1) is 23.7 Å². The van der Waals surface area contributed by atoms with Crippen LogP contribution in [0.2, 0.25) is 0 Å². The monoisotopic (exact) mass is 495 g/mol. The Hall–Kier alpha value is -4.42.